The summed E-state index contributed by atoms with van der Waals surface area (Å²) in [5.41, 5.74) is 19.6. The van der Waals surface area contributed by atoms with Gasteiger partial charge in [-0.3, -0.25) is 0 Å². The van der Waals surface area contributed by atoms with Gasteiger partial charge in [0.2, 0.25) is 0 Å². The van der Waals surface area contributed by atoms with E-state index in [1.165, 1.54) is 60.8 Å². The Morgan fingerprint density at radius 2 is 0.646 bits per heavy atom. The van der Waals surface area contributed by atoms with Crippen molar-refractivity contribution >= 4 is 10.8 Å². The van der Waals surface area contributed by atoms with E-state index in [9.17, 15) is 0 Å². The molecular weight excluding hydrogens is 787 g/mol. The van der Waals surface area contributed by atoms with Crippen LogP contribution in [0, 0.1) is 0 Å². The van der Waals surface area contributed by atoms with E-state index in [2.05, 4.69) is 224 Å². The van der Waals surface area contributed by atoms with Crippen LogP contribution in [0.2, 0.25) is 0 Å². The van der Waals surface area contributed by atoms with Crippen molar-refractivity contribution in [2.75, 3.05) is 0 Å². The maximum Gasteiger partial charge on any atom is 0.164 e. The van der Waals surface area contributed by atoms with Crippen molar-refractivity contribution in [2.45, 2.75) is 5.41 Å². The molecule has 1 spiro atoms. The van der Waals surface area contributed by atoms with Crippen LogP contribution in [0.4, 0.5) is 0 Å². The third-order valence-electron chi connectivity index (χ3n) is 13.5. The zero-order valence-electron chi connectivity index (χ0n) is 35.4. The SMILES string of the molecule is c1ccc(-c2cccc(-c3nc(-c4cccc(-c5ccccc5)c4)nc(-c4cccc(-c5cc6ccccc6c6c5-c5ccccc5C65c6ccccc6-c6ccccc65)c4)n3)c2)cc1. The number of aromatic nitrogens is 3. The van der Waals surface area contributed by atoms with E-state index >= 15 is 0 Å². The Kier molecular flexibility index (Phi) is 8.44. The van der Waals surface area contributed by atoms with Crippen LogP contribution in [0.1, 0.15) is 22.3 Å². The fourth-order valence-corrected chi connectivity index (χ4v) is 10.7. The summed E-state index contributed by atoms with van der Waals surface area (Å²) < 4.78 is 0. The van der Waals surface area contributed by atoms with E-state index in [0.29, 0.717) is 17.5 Å². The highest BCUT2D eigenvalue weighted by atomic mass is 15.0. The van der Waals surface area contributed by atoms with Gasteiger partial charge in [-0.05, 0) is 113 Å². The molecular formula is C62H39N3. The predicted molar refractivity (Wildman–Crippen MR) is 266 cm³/mol. The van der Waals surface area contributed by atoms with Crippen molar-refractivity contribution in [3.8, 4) is 89.8 Å². The largest absolute Gasteiger partial charge is 0.208 e. The molecule has 302 valence electrons. The molecule has 65 heavy (non-hydrogen) atoms. The van der Waals surface area contributed by atoms with Gasteiger partial charge in [0.1, 0.15) is 0 Å². The molecule has 1 aromatic heterocycles. The van der Waals surface area contributed by atoms with Crippen LogP contribution in [0.25, 0.3) is 101 Å². The number of nitrogens with zero attached hydrogens (tertiary/aromatic N) is 3. The number of hydrogen-bond donors (Lipinski definition) is 0. The van der Waals surface area contributed by atoms with Crippen LogP contribution in [0.3, 0.4) is 0 Å². The Morgan fingerprint density at radius 1 is 0.262 bits per heavy atom. The molecule has 0 saturated carbocycles. The zero-order chi connectivity index (χ0) is 42.9. The zero-order valence-corrected chi connectivity index (χ0v) is 35.4. The molecule has 10 aromatic carbocycles. The van der Waals surface area contributed by atoms with Crippen LogP contribution < -0.4 is 0 Å². The van der Waals surface area contributed by atoms with Gasteiger partial charge < -0.3 is 0 Å². The minimum absolute atomic E-state index is 0.479. The Labute approximate surface area is 378 Å². The molecule has 0 fully saturated rings. The van der Waals surface area contributed by atoms with Gasteiger partial charge in [-0.15, -0.1) is 0 Å². The summed E-state index contributed by atoms with van der Waals surface area (Å²) in [5, 5.41) is 2.48. The fourth-order valence-electron chi connectivity index (χ4n) is 10.7. The molecule has 13 rings (SSSR count). The quantitative estimate of drug-likeness (QED) is 0.168. The molecule has 2 aliphatic carbocycles. The first-order valence-corrected chi connectivity index (χ1v) is 22.3. The molecule has 0 amide bonds. The second-order valence-electron chi connectivity index (χ2n) is 17.1. The first-order valence-electron chi connectivity index (χ1n) is 22.3. The molecule has 11 aromatic rings. The maximum atomic E-state index is 5.29. The van der Waals surface area contributed by atoms with Gasteiger partial charge in [-0.1, -0.05) is 212 Å². The van der Waals surface area contributed by atoms with E-state index in [1.54, 1.807) is 0 Å². The molecule has 0 N–H and O–H groups in total. The topological polar surface area (TPSA) is 38.7 Å². The van der Waals surface area contributed by atoms with Crippen LogP contribution in [-0.2, 0) is 5.41 Å². The van der Waals surface area contributed by atoms with E-state index < -0.39 is 5.41 Å². The normalized spacial score (nSPS) is 12.7. The summed E-state index contributed by atoms with van der Waals surface area (Å²) in [5.74, 6) is 1.87. The minimum atomic E-state index is -0.479. The van der Waals surface area contributed by atoms with Crippen molar-refractivity contribution in [2.24, 2.45) is 0 Å². The Morgan fingerprint density at radius 3 is 1.18 bits per heavy atom. The molecule has 0 radical (unpaired) electrons. The van der Waals surface area contributed by atoms with Gasteiger partial charge in [-0.2, -0.15) is 0 Å². The van der Waals surface area contributed by atoms with Gasteiger partial charge in [0.05, 0.1) is 5.41 Å². The van der Waals surface area contributed by atoms with Crippen molar-refractivity contribution in [3.05, 3.63) is 259 Å². The summed E-state index contributed by atoms with van der Waals surface area (Å²) in [6.45, 7) is 0. The summed E-state index contributed by atoms with van der Waals surface area (Å²) >= 11 is 0. The predicted octanol–water partition coefficient (Wildman–Crippen LogP) is 15.4. The average molecular weight is 826 g/mol. The van der Waals surface area contributed by atoms with Crippen molar-refractivity contribution in [1.29, 1.82) is 0 Å². The first kappa shape index (κ1) is 37.1. The highest BCUT2D eigenvalue weighted by Gasteiger charge is 2.53. The van der Waals surface area contributed by atoms with Crippen LogP contribution >= 0.6 is 0 Å². The fraction of sp³-hybridized carbons (Fsp3) is 0.0161. The van der Waals surface area contributed by atoms with Gasteiger partial charge in [0.25, 0.3) is 0 Å². The minimum Gasteiger partial charge on any atom is -0.208 e. The molecule has 0 bridgehead atoms. The second kappa shape index (κ2) is 14.8. The van der Waals surface area contributed by atoms with Crippen LogP contribution in [0.15, 0.2) is 237 Å². The van der Waals surface area contributed by atoms with Gasteiger partial charge >= 0.3 is 0 Å². The van der Waals surface area contributed by atoms with Crippen molar-refractivity contribution < 1.29 is 0 Å². The molecule has 0 saturated heterocycles. The third-order valence-corrected chi connectivity index (χ3v) is 13.5. The first-order chi connectivity index (χ1) is 32.2. The molecule has 3 heteroatoms. The summed E-state index contributed by atoms with van der Waals surface area (Å²) in [6.07, 6.45) is 0. The number of benzene rings is 10. The van der Waals surface area contributed by atoms with E-state index in [1.807, 2.05) is 12.1 Å². The molecule has 0 aliphatic heterocycles. The monoisotopic (exact) mass is 825 g/mol. The lowest BCUT2D eigenvalue weighted by atomic mass is 9.69. The van der Waals surface area contributed by atoms with Crippen LogP contribution in [0.5, 0.6) is 0 Å². The smallest absolute Gasteiger partial charge is 0.164 e. The molecule has 0 unspecified atom stereocenters. The van der Waals surface area contributed by atoms with Crippen molar-refractivity contribution in [3.63, 3.8) is 0 Å². The maximum absolute atomic E-state index is 5.29. The second-order valence-corrected chi connectivity index (χ2v) is 17.1. The summed E-state index contributed by atoms with van der Waals surface area (Å²) in [7, 11) is 0. The number of hydrogen-bond acceptors (Lipinski definition) is 3. The highest BCUT2D eigenvalue weighted by molar-refractivity contribution is 6.09. The summed E-state index contributed by atoms with van der Waals surface area (Å²) in [6, 6.07) is 85.2. The number of fused-ring (bicyclic) bond motifs is 12. The Balaban J connectivity index is 1.03. The van der Waals surface area contributed by atoms with E-state index in [-0.39, 0.29) is 0 Å². The van der Waals surface area contributed by atoms with E-state index in [4.69, 9.17) is 15.0 Å². The lowest BCUT2D eigenvalue weighted by molar-refractivity contribution is 0.801. The Hall–Kier alpha value is -8.53. The molecule has 1 heterocycles. The van der Waals surface area contributed by atoms with Gasteiger partial charge in [0.15, 0.2) is 17.5 Å². The Bertz CT molecular complexity index is 3520. The lowest BCUT2D eigenvalue weighted by Crippen LogP contribution is -2.26. The molecule has 0 atom stereocenters. The highest BCUT2D eigenvalue weighted by Crippen LogP contribution is 2.65. The van der Waals surface area contributed by atoms with E-state index in [0.717, 1.165) is 44.5 Å². The molecule has 3 nitrogen and oxygen atoms in total. The summed E-state index contributed by atoms with van der Waals surface area (Å²) in [4.78, 5) is 15.8. The average Bonchev–Trinajstić information content (AvgIpc) is 3.87. The van der Waals surface area contributed by atoms with Crippen LogP contribution in [-0.4, -0.2) is 15.0 Å². The third kappa shape index (κ3) is 5.79. The van der Waals surface area contributed by atoms with Crippen molar-refractivity contribution in [1.82, 2.24) is 15.0 Å². The number of rotatable bonds is 6. The lowest BCUT2D eigenvalue weighted by Gasteiger charge is -2.31. The molecule has 2 aliphatic rings. The standard InChI is InChI=1S/C62H39N3/c1-3-18-40(19-4-1)42-23-15-26-46(36-42)59-63-60(47-27-16-24-43(37-47)41-20-5-2-6-21-41)65-61(64-59)48-28-17-25-44(38-48)53-39-45-22-7-8-29-49(45)58-57(53)52-32-11-14-35-56(52)62(58)54-33-12-9-30-50(54)51-31-10-13-34-55(51)62/h1-39H. The van der Waals surface area contributed by atoms with Gasteiger partial charge in [-0.25, -0.2) is 15.0 Å². The van der Waals surface area contributed by atoms with Gasteiger partial charge in [0, 0.05) is 16.7 Å².